The summed E-state index contributed by atoms with van der Waals surface area (Å²) >= 11 is 0. The Morgan fingerprint density at radius 2 is 1.88 bits per heavy atom. The Bertz CT molecular complexity index is 1120. The van der Waals surface area contributed by atoms with Crippen molar-refractivity contribution in [3.63, 3.8) is 0 Å². The molecular weight excluding hydrogens is 425 g/mol. The number of piperazine rings is 1. The van der Waals surface area contributed by atoms with Gasteiger partial charge in [0.1, 0.15) is 23.7 Å². The molecule has 2 aliphatic rings. The van der Waals surface area contributed by atoms with Gasteiger partial charge in [0.2, 0.25) is 5.91 Å². The van der Waals surface area contributed by atoms with Crippen molar-refractivity contribution < 1.29 is 13.9 Å². The van der Waals surface area contributed by atoms with Gasteiger partial charge >= 0.3 is 0 Å². The van der Waals surface area contributed by atoms with Crippen LogP contribution in [0, 0.1) is 11.7 Å². The Morgan fingerprint density at radius 3 is 2.64 bits per heavy atom. The fourth-order valence-electron chi connectivity index (χ4n) is 4.74. The van der Waals surface area contributed by atoms with E-state index in [4.69, 9.17) is 4.74 Å². The molecule has 9 nitrogen and oxygen atoms in total. The molecule has 2 aromatic heterocycles. The average molecular weight is 454 g/mol. The number of carbonyl (C=O) groups is 1. The maximum atomic E-state index is 13.7. The van der Waals surface area contributed by atoms with Gasteiger partial charge in [-0.05, 0) is 43.2 Å². The van der Waals surface area contributed by atoms with Crippen LogP contribution in [0.2, 0.25) is 0 Å². The number of fused-ring (bicyclic) bond motifs is 1. The average Bonchev–Trinajstić information content (AvgIpc) is 3.32. The van der Waals surface area contributed by atoms with E-state index >= 15 is 0 Å². The van der Waals surface area contributed by atoms with E-state index in [-0.39, 0.29) is 17.6 Å². The second-order valence-electron chi connectivity index (χ2n) is 8.64. The smallest absolute Gasteiger partial charge is 0.225 e. The fourth-order valence-corrected chi connectivity index (χ4v) is 4.74. The largest absolute Gasteiger partial charge is 0.496 e. The lowest BCUT2D eigenvalue weighted by Crippen LogP contribution is -2.51. The number of ether oxygens (including phenoxy) is 1. The van der Waals surface area contributed by atoms with E-state index in [9.17, 15) is 9.18 Å². The topological polar surface area (TPSA) is 79.1 Å². The van der Waals surface area contributed by atoms with Gasteiger partial charge in [-0.3, -0.25) is 9.69 Å². The van der Waals surface area contributed by atoms with Crippen molar-refractivity contribution in [3.8, 4) is 5.75 Å². The highest BCUT2D eigenvalue weighted by Gasteiger charge is 2.31. The zero-order valence-electron chi connectivity index (χ0n) is 18.7. The van der Waals surface area contributed by atoms with Crippen LogP contribution in [0.1, 0.15) is 18.4 Å². The van der Waals surface area contributed by atoms with Crippen LogP contribution in [0.15, 0.2) is 36.7 Å². The van der Waals surface area contributed by atoms with Crippen LogP contribution < -0.4 is 9.64 Å². The molecule has 33 heavy (non-hydrogen) atoms. The fraction of sp³-hybridized carbons (Fsp3) is 0.478. The molecule has 174 valence electrons. The molecule has 2 fully saturated rings. The quantitative estimate of drug-likeness (QED) is 0.583. The Kier molecular flexibility index (Phi) is 6.08. The van der Waals surface area contributed by atoms with Crippen molar-refractivity contribution >= 4 is 17.4 Å². The molecular formula is C23H28FN7O2. The van der Waals surface area contributed by atoms with E-state index in [1.807, 2.05) is 17.0 Å². The third kappa shape index (κ3) is 4.61. The predicted molar refractivity (Wildman–Crippen MR) is 121 cm³/mol. The van der Waals surface area contributed by atoms with Gasteiger partial charge in [0.15, 0.2) is 5.65 Å². The van der Waals surface area contributed by atoms with E-state index < -0.39 is 0 Å². The summed E-state index contributed by atoms with van der Waals surface area (Å²) in [6, 6.07) is 8.47. The summed E-state index contributed by atoms with van der Waals surface area (Å²) in [4.78, 5) is 19.6. The SMILES string of the molecule is COc1ccc(F)cc1CN1CCN(C(=O)C2CCN(c3ccc4nncn4n3)CC2)CC1. The van der Waals surface area contributed by atoms with Crippen molar-refractivity contribution in [2.75, 3.05) is 51.3 Å². The maximum absolute atomic E-state index is 13.7. The molecule has 1 aromatic carbocycles. The summed E-state index contributed by atoms with van der Waals surface area (Å²) in [5.74, 6) is 1.62. The molecule has 5 rings (SSSR count). The summed E-state index contributed by atoms with van der Waals surface area (Å²) in [7, 11) is 1.60. The third-order valence-electron chi connectivity index (χ3n) is 6.64. The van der Waals surface area contributed by atoms with Crippen molar-refractivity contribution in [3.05, 3.63) is 48.0 Å². The molecule has 10 heteroatoms. The molecule has 1 amide bonds. The van der Waals surface area contributed by atoms with Crippen molar-refractivity contribution in [2.45, 2.75) is 19.4 Å². The van der Waals surface area contributed by atoms with Crippen molar-refractivity contribution in [1.29, 1.82) is 0 Å². The first-order valence-electron chi connectivity index (χ1n) is 11.4. The van der Waals surface area contributed by atoms with Crippen LogP contribution in [0.3, 0.4) is 0 Å². The number of halogens is 1. The molecule has 0 aliphatic carbocycles. The summed E-state index contributed by atoms with van der Waals surface area (Å²) in [6.07, 6.45) is 3.24. The first-order chi connectivity index (χ1) is 16.1. The van der Waals surface area contributed by atoms with Crippen LogP contribution in [-0.2, 0) is 11.3 Å². The number of piperidine rings is 1. The van der Waals surface area contributed by atoms with Gasteiger partial charge in [0, 0.05) is 57.3 Å². The highest BCUT2D eigenvalue weighted by Crippen LogP contribution is 2.25. The predicted octanol–water partition coefficient (Wildman–Crippen LogP) is 1.83. The highest BCUT2D eigenvalue weighted by atomic mass is 19.1. The number of anilines is 1. The molecule has 3 aromatic rings. The lowest BCUT2D eigenvalue weighted by atomic mass is 9.95. The van der Waals surface area contributed by atoms with Crippen LogP contribution in [-0.4, -0.2) is 81.9 Å². The summed E-state index contributed by atoms with van der Waals surface area (Å²) in [5, 5.41) is 12.4. The van der Waals surface area contributed by atoms with Gasteiger partial charge in [0.05, 0.1) is 7.11 Å². The molecule has 2 saturated heterocycles. The molecule has 0 unspecified atom stereocenters. The Labute approximate surface area is 191 Å². The van der Waals surface area contributed by atoms with E-state index in [1.54, 1.807) is 24.0 Å². The number of rotatable bonds is 5. The van der Waals surface area contributed by atoms with Crippen molar-refractivity contribution in [2.24, 2.45) is 5.92 Å². The van der Waals surface area contributed by atoms with Gasteiger partial charge in [-0.25, -0.2) is 4.39 Å². The summed E-state index contributed by atoms with van der Waals surface area (Å²) in [5.41, 5.74) is 1.56. The summed E-state index contributed by atoms with van der Waals surface area (Å²) in [6.45, 7) is 5.16. The second-order valence-corrected chi connectivity index (χ2v) is 8.64. The number of aromatic nitrogens is 4. The van der Waals surface area contributed by atoms with Crippen molar-refractivity contribution in [1.82, 2.24) is 29.6 Å². The molecule has 0 saturated carbocycles. The Balaban J connectivity index is 1.12. The van der Waals surface area contributed by atoms with E-state index in [0.29, 0.717) is 25.4 Å². The van der Waals surface area contributed by atoms with Gasteiger partial charge in [-0.15, -0.1) is 15.3 Å². The van der Waals surface area contributed by atoms with E-state index in [1.165, 1.54) is 12.1 Å². The molecule has 0 bridgehead atoms. The monoisotopic (exact) mass is 453 g/mol. The standard InChI is InChI=1S/C23H28FN7O2/c1-33-20-3-2-19(24)14-18(20)15-28-10-12-30(13-11-28)23(32)17-6-8-29(9-7-17)22-5-4-21-26-25-16-31(21)27-22/h2-5,14,16-17H,6-13,15H2,1H3. The number of nitrogens with zero attached hydrogens (tertiary/aromatic N) is 7. The second kappa shape index (κ2) is 9.30. The first-order valence-corrected chi connectivity index (χ1v) is 11.4. The number of benzene rings is 1. The number of amides is 1. The molecule has 0 atom stereocenters. The van der Waals surface area contributed by atoms with Crippen LogP contribution >= 0.6 is 0 Å². The minimum Gasteiger partial charge on any atom is -0.496 e. The minimum absolute atomic E-state index is 0.0507. The number of carbonyl (C=O) groups excluding carboxylic acids is 1. The zero-order valence-corrected chi connectivity index (χ0v) is 18.7. The summed E-state index contributed by atoms with van der Waals surface area (Å²) < 4.78 is 20.7. The van der Waals surface area contributed by atoms with Gasteiger partial charge in [0.25, 0.3) is 0 Å². The molecule has 0 N–H and O–H groups in total. The Hall–Kier alpha value is -3.27. The lowest BCUT2D eigenvalue weighted by Gasteiger charge is -2.38. The minimum atomic E-state index is -0.261. The number of hydrogen-bond acceptors (Lipinski definition) is 7. The number of methoxy groups -OCH3 is 1. The maximum Gasteiger partial charge on any atom is 0.225 e. The first kappa shape index (κ1) is 21.6. The molecule has 0 radical (unpaired) electrons. The van der Waals surface area contributed by atoms with E-state index in [0.717, 1.165) is 56.0 Å². The number of hydrogen-bond donors (Lipinski definition) is 0. The highest BCUT2D eigenvalue weighted by molar-refractivity contribution is 5.79. The van der Waals surface area contributed by atoms with Gasteiger partial charge < -0.3 is 14.5 Å². The van der Waals surface area contributed by atoms with Gasteiger partial charge in [-0.1, -0.05) is 0 Å². The van der Waals surface area contributed by atoms with Crippen LogP contribution in [0.25, 0.3) is 5.65 Å². The zero-order chi connectivity index (χ0) is 22.8. The van der Waals surface area contributed by atoms with E-state index in [2.05, 4.69) is 25.1 Å². The van der Waals surface area contributed by atoms with Gasteiger partial charge in [-0.2, -0.15) is 4.52 Å². The lowest BCUT2D eigenvalue weighted by molar-refractivity contribution is -0.138. The normalized spacial score (nSPS) is 18.1. The molecule has 4 heterocycles. The molecule has 2 aliphatic heterocycles. The molecule has 0 spiro atoms. The Morgan fingerprint density at radius 1 is 1.09 bits per heavy atom. The van der Waals surface area contributed by atoms with Crippen LogP contribution in [0.4, 0.5) is 10.2 Å². The third-order valence-corrected chi connectivity index (χ3v) is 6.64. The van der Waals surface area contributed by atoms with Crippen LogP contribution in [0.5, 0.6) is 5.75 Å².